The van der Waals surface area contributed by atoms with Crippen LogP contribution in [0.5, 0.6) is 0 Å². The van der Waals surface area contributed by atoms with Crippen molar-refractivity contribution in [2.45, 2.75) is 33.2 Å². The van der Waals surface area contributed by atoms with Crippen LogP contribution in [0.2, 0.25) is 0 Å². The molecule has 0 spiro atoms. The van der Waals surface area contributed by atoms with Gasteiger partial charge in [-0.15, -0.1) is 0 Å². The average Bonchev–Trinajstić information content (AvgIpc) is 2.34. The van der Waals surface area contributed by atoms with E-state index in [1.807, 2.05) is 6.07 Å². The average molecular weight is 245 g/mol. The summed E-state index contributed by atoms with van der Waals surface area (Å²) in [5, 5.41) is 0. The maximum Gasteiger partial charge on any atom is 0.138 e. The topological polar surface area (TPSA) is 20.3 Å². The zero-order valence-corrected chi connectivity index (χ0v) is 11.4. The van der Waals surface area contributed by atoms with Gasteiger partial charge in [0.1, 0.15) is 5.78 Å². The SMILES string of the molecule is CC(C)C[C@H]1CN(Cc2ccccc2)CCC1=O. The van der Waals surface area contributed by atoms with Crippen LogP contribution in [-0.2, 0) is 11.3 Å². The molecule has 1 heterocycles. The quantitative estimate of drug-likeness (QED) is 0.812. The molecule has 1 aliphatic rings. The Kier molecular flexibility index (Phi) is 4.54. The second kappa shape index (κ2) is 6.14. The predicted octanol–water partition coefficient (Wildman–Crippen LogP) is 3.12. The first kappa shape index (κ1) is 13.3. The van der Waals surface area contributed by atoms with Crippen LogP contribution in [0.3, 0.4) is 0 Å². The number of nitrogens with zero attached hydrogens (tertiary/aromatic N) is 1. The van der Waals surface area contributed by atoms with Gasteiger partial charge in [0, 0.05) is 32.0 Å². The Morgan fingerprint density at radius 3 is 2.67 bits per heavy atom. The zero-order valence-electron chi connectivity index (χ0n) is 11.4. The lowest BCUT2D eigenvalue weighted by atomic mass is 9.88. The van der Waals surface area contributed by atoms with Crippen molar-refractivity contribution in [2.24, 2.45) is 11.8 Å². The molecule has 0 bridgehead atoms. The molecule has 1 aromatic carbocycles. The summed E-state index contributed by atoms with van der Waals surface area (Å²) in [7, 11) is 0. The molecule has 1 aromatic rings. The van der Waals surface area contributed by atoms with E-state index in [9.17, 15) is 4.79 Å². The first-order valence-corrected chi connectivity index (χ1v) is 6.94. The maximum absolute atomic E-state index is 11.9. The number of hydrogen-bond donors (Lipinski definition) is 0. The number of Topliss-reactive ketones (excluding diaryl/α,β-unsaturated/α-hetero) is 1. The van der Waals surface area contributed by atoms with E-state index in [1.165, 1.54) is 5.56 Å². The number of carbonyl (C=O) groups is 1. The molecule has 1 fully saturated rings. The van der Waals surface area contributed by atoms with Gasteiger partial charge in [0.2, 0.25) is 0 Å². The minimum absolute atomic E-state index is 0.252. The molecule has 0 unspecified atom stereocenters. The fourth-order valence-electron chi connectivity index (χ4n) is 2.74. The molecule has 18 heavy (non-hydrogen) atoms. The van der Waals surface area contributed by atoms with E-state index in [-0.39, 0.29) is 5.92 Å². The molecule has 1 atom stereocenters. The summed E-state index contributed by atoms with van der Waals surface area (Å²) in [6.45, 7) is 7.23. The van der Waals surface area contributed by atoms with Gasteiger partial charge in [0.05, 0.1) is 0 Å². The Morgan fingerprint density at radius 1 is 1.28 bits per heavy atom. The highest BCUT2D eigenvalue weighted by Gasteiger charge is 2.27. The van der Waals surface area contributed by atoms with E-state index in [2.05, 4.69) is 43.0 Å². The van der Waals surface area contributed by atoms with Crippen molar-refractivity contribution in [1.82, 2.24) is 4.90 Å². The molecule has 2 heteroatoms. The molecule has 0 aliphatic carbocycles. The van der Waals surface area contributed by atoms with Gasteiger partial charge in [-0.05, 0) is 17.9 Å². The first-order valence-electron chi connectivity index (χ1n) is 6.94. The van der Waals surface area contributed by atoms with Gasteiger partial charge >= 0.3 is 0 Å². The minimum atomic E-state index is 0.252. The lowest BCUT2D eigenvalue weighted by Crippen LogP contribution is -2.40. The molecule has 98 valence electrons. The molecular formula is C16H23NO. The Balaban J connectivity index is 1.93. The number of piperidine rings is 1. The van der Waals surface area contributed by atoms with E-state index >= 15 is 0 Å². The smallest absolute Gasteiger partial charge is 0.138 e. The van der Waals surface area contributed by atoms with Crippen LogP contribution in [0, 0.1) is 11.8 Å². The van der Waals surface area contributed by atoms with Crippen molar-refractivity contribution in [3.05, 3.63) is 35.9 Å². The lowest BCUT2D eigenvalue weighted by Gasteiger charge is -2.32. The van der Waals surface area contributed by atoms with Gasteiger partial charge in [-0.1, -0.05) is 44.2 Å². The number of ketones is 1. The number of hydrogen-bond acceptors (Lipinski definition) is 2. The van der Waals surface area contributed by atoms with Crippen molar-refractivity contribution < 1.29 is 4.79 Å². The Labute approximate surface area is 110 Å². The third-order valence-corrected chi connectivity index (χ3v) is 3.61. The van der Waals surface area contributed by atoms with Gasteiger partial charge in [-0.25, -0.2) is 0 Å². The molecule has 0 N–H and O–H groups in total. The number of likely N-dealkylation sites (tertiary alicyclic amines) is 1. The van der Waals surface area contributed by atoms with Crippen LogP contribution in [0.15, 0.2) is 30.3 Å². The lowest BCUT2D eigenvalue weighted by molar-refractivity contribution is -0.127. The third kappa shape index (κ3) is 3.67. The number of carbonyl (C=O) groups excluding carboxylic acids is 1. The van der Waals surface area contributed by atoms with Crippen molar-refractivity contribution in [1.29, 1.82) is 0 Å². The van der Waals surface area contributed by atoms with Crippen LogP contribution in [0.4, 0.5) is 0 Å². The fraction of sp³-hybridized carbons (Fsp3) is 0.562. The predicted molar refractivity (Wildman–Crippen MR) is 74.3 cm³/mol. The van der Waals surface area contributed by atoms with Gasteiger partial charge in [0.25, 0.3) is 0 Å². The van der Waals surface area contributed by atoms with Crippen LogP contribution in [0.25, 0.3) is 0 Å². The van der Waals surface area contributed by atoms with E-state index in [1.54, 1.807) is 0 Å². The largest absolute Gasteiger partial charge is 0.299 e. The summed E-state index contributed by atoms with van der Waals surface area (Å²) in [5.41, 5.74) is 1.34. The van der Waals surface area contributed by atoms with Crippen molar-refractivity contribution in [2.75, 3.05) is 13.1 Å². The van der Waals surface area contributed by atoms with Crippen LogP contribution in [-0.4, -0.2) is 23.8 Å². The van der Waals surface area contributed by atoms with E-state index in [4.69, 9.17) is 0 Å². The fourth-order valence-corrected chi connectivity index (χ4v) is 2.74. The van der Waals surface area contributed by atoms with Gasteiger partial charge in [-0.2, -0.15) is 0 Å². The maximum atomic E-state index is 11.9. The Hall–Kier alpha value is -1.15. The molecule has 1 saturated heterocycles. The van der Waals surface area contributed by atoms with E-state index < -0.39 is 0 Å². The number of benzene rings is 1. The van der Waals surface area contributed by atoms with Gasteiger partial charge in [-0.3, -0.25) is 9.69 Å². The summed E-state index contributed by atoms with van der Waals surface area (Å²) in [4.78, 5) is 14.3. The van der Waals surface area contributed by atoms with Gasteiger partial charge < -0.3 is 0 Å². The van der Waals surface area contributed by atoms with E-state index in [0.29, 0.717) is 11.7 Å². The summed E-state index contributed by atoms with van der Waals surface area (Å²) in [6.07, 6.45) is 1.76. The first-order chi connectivity index (χ1) is 8.65. The summed E-state index contributed by atoms with van der Waals surface area (Å²) >= 11 is 0. The molecule has 2 rings (SSSR count). The molecule has 1 aliphatic heterocycles. The highest BCUT2D eigenvalue weighted by Crippen LogP contribution is 2.21. The van der Waals surface area contributed by atoms with Crippen molar-refractivity contribution in [3.8, 4) is 0 Å². The van der Waals surface area contributed by atoms with E-state index in [0.717, 1.165) is 32.5 Å². The highest BCUT2D eigenvalue weighted by atomic mass is 16.1. The molecular weight excluding hydrogens is 222 g/mol. The van der Waals surface area contributed by atoms with Gasteiger partial charge in [0.15, 0.2) is 0 Å². The summed E-state index contributed by atoms with van der Waals surface area (Å²) in [6, 6.07) is 10.5. The monoisotopic (exact) mass is 245 g/mol. The molecule has 0 aromatic heterocycles. The number of rotatable bonds is 4. The minimum Gasteiger partial charge on any atom is -0.299 e. The Bertz CT molecular complexity index is 385. The second-order valence-corrected chi connectivity index (χ2v) is 5.76. The Morgan fingerprint density at radius 2 is 2.00 bits per heavy atom. The zero-order chi connectivity index (χ0) is 13.0. The third-order valence-electron chi connectivity index (χ3n) is 3.61. The highest BCUT2D eigenvalue weighted by molar-refractivity contribution is 5.82. The molecule has 2 nitrogen and oxygen atoms in total. The van der Waals surface area contributed by atoms with Crippen LogP contribution in [0.1, 0.15) is 32.3 Å². The normalized spacial score (nSPS) is 21.5. The summed E-state index contributed by atoms with van der Waals surface area (Å²) in [5.74, 6) is 1.33. The van der Waals surface area contributed by atoms with Crippen LogP contribution < -0.4 is 0 Å². The van der Waals surface area contributed by atoms with Crippen molar-refractivity contribution in [3.63, 3.8) is 0 Å². The molecule has 0 amide bonds. The molecule has 0 radical (unpaired) electrons. The standard InChI is InChI=1S/C16H23NO/c1-13(2)10-15-12-17(9-8-16(15)18)11-14-6-4-3-5-7-14/h3-7,13,15H,8-12H2,1-2H3/t15-/m0/s1. The second-order valence-electron chi connectivity index (χ2n) is 5.76. The van der Waals surface area contributed by atoms with Crippen LogP contribution >= 0.6 is 0 Å². The molecule has 0 saturated carbocycles. The summed E-state index contributed by atoms with van der Waals surface area (Å²) < 4.78 is 0. The van der Waals surface area contributed by atoms with Crippen molar-refractivity contribution >= 4 is 5.78 Å².